The van der Waals surface area contributed by atoms with Gasteiger partial charge in [0.1, 0.15) is 16.0 Å². The van der Waals surface area contributed by atoms with E-state index < -0.39 is 0 Å². The Morgan fingerprint density at radius 2 is 2.16 bits per heavy atom. The van der Waals surface area contributed by atoms with Crippen LogP contribution in [0, 0.1) is 0 Å². The number of halogens is 1. The van der Waals surface area contributed by atoms with E-state index in [1.165, 1.54) is 0 Å². The number of likely N-dealkylation sites (N-methyl/N-ethyl adjacent to an activating group) is 1. The highest BCUT2D eigenvalue weighted by Gasteiger charge is 2.23. The SMILES string of the molecule is CN1C(=O)COc2ccc(-c3ncn(C)c3Br)cc21. The number of benzene rings is 1. The molecule has 1 aliphatic rings. The third-order valence-corrected chi connectivity index (χ3v) is 4.12. The number of carbonyl (C=O) groups excluding carboxylic acids is 1. The first-order valence-electron chi connectivity index (χ1n) is 5.78. The molecule has 1 amide bonds. The Balaban J connectivity index is 2.11. The molecule has 1 aromatic carbocycles. The summed E-state index contributed by atoms with van der Waals surface area (Å²) >= 11 is 3.50. The molecule has 2 aromatic rings. The number of aryl methyl sites for hydroxylation is 1. The summed E-state index contributed by atoms with van der Waals surface area (Å²) in [5.41, 5.74) is 2.56. The van der Waals surface area contributed by atoms with Gasteiger partial charge in [0.2, 0.25) is 0 Å². The molecule has 2 heterocycles. The summed E-state index contributed by atoms with van der Waals surface area (Å²) in [6, 6.07) is 5.73. The first-order valence-corrected chi connectivity index (χ1v) is 6.58. The lowest BCUT2D eigenvalue weighted by Gasteiger charge is -2.26. The number of anilines is 1. The highest BCUT2D eigenvalue weighted by atomic mass is 79.9. The fourth-order valence-electron chi connectivity index (χ4n) is 2.03. The molecule has 19 heavy (non-hydrogen) atoms. The second-order valence-corrected chi connectivity index (χ2v) is 5.17. The Hall–Kier alpha value is -1.82. The molecule has 0 bridgehead atoms. The molecule has 0 unspecified atom stereocenters. The Kier molecular flexibility index (Phi) is 2.82. The van der Waals surface area contributed by atoms with Gasteiger partial charge in [-0.15, -0.1) is 0 Å². The van der Waals surface area contributed by atoms with Crippen molar-refractivity contribution in [2.75, 3.05) is 18.6 Å². The number of fused-ring (bicyclic) bond motifs is 1. The predicted molar refractivity (Wildman–Crippen MR) is 75.2 cm³/mol. The van der Waals surface area contributed by atoms with Crippen LogP contribution in [0.2, 0.25) is 0 Å². The fourth-order valence-corrected chi connectivity index (χ4v) is 2.45. The van der Waals surface area contributed by atoms with E-state index in [0.29, 0.717) is 0 Å². The zero-order valence-electron chi connectivity index (χ0n) is 10.6. The monoisotopic (exact) mass is 321 g/mol. The smallest absolute Gasteiger partial charge is 0.264 e. The summed E-state index contributed by atoms with van der Waals surface area (Å²) in [6.07, 6.45) is 1.74. The molecular formula is C13H12BrN3O2. The summed E-state index contributed by atoms with van der Waals surface area (Å²) < 4.78 is 8.19. The van der Waals surface area contributed by atoms with E-state index in [4.69, 9.17) is 4.74 Å². The van der Waals surface area contributed by atoms with Gasteiger partial charge in [0.25, 0.3) is 5.91 Å². The van der Waals surface area contributed by atoms with Crippen molar-refractivity contribution in [3.8, 4) is 17.0 Å². The number of carbonyl (C=O) groups is 1. The Labute approximate surface area is 118 Å². The van der Waals surface area contributed by atoms with Crippen molar-refractivity contribution in [3.63, 3.8) is 0 Å². The number of amides is 1. The van der Waals surface area contributed by atoms with Gasteiger partial charge < -0.3 is 14.2 Å². The van der Waals surface area contributed by atoms with Crippen LogP contribution in [0.4, 0.5) is 5.69 Å². The summed E-state index contributed by atoms with van der Waals surface area (Å²) in [5, 5.41) is 0. The third-order valence-electron chi connectivity index (χ3n) is 3.18. The van der Waals surface area contributed by atoms with E-state index in [1.54, 1.807) is 18.3 Å². The van der Waals surface area contributed by atoms with Crippen LogP contribution in [0.25, 0.3) is 11.3 Å². The molecule has 98 valence electrons. The second-order valence-electron chi connectivity index (χ2n) is 4.42. The average molecular weight is 322 g/mol. The number of nitrogens with zero attached hydrogens (tertiary/aromatic N) is 3. The van der Waals surface area contributed by atoms with Crippen LogP contribution >= 0.6 is 15.9 Å². The van der Waals surface area contributed by atoms with Gasteiger partial charge in [0, 0.05) is 19.7 Å². The van der Waals surface area contributed by atoms with Crippen LogP contribution < -0.4 is 9.64 Å². The highest BCUT2D eigenvalue weighted by Crippen LogP contribution is 2.36. The zero-order chi connectivity index (χ0) is 13.6. The minimum Gasteiger partial charge on any atom is -0.482 e. The van der Waals surface area contributed by atoms with E-state index in [2.05, 4.69) is 20.9 Å². The summed E-state index contributed by atoms with van der Waals surface area (Å²) in [7, 11) is 3.67. The summed E-state index contributed by atoms with van der Waals surface area (Å²) in [5.74, 6) is 0.669. The maximum atomic E-state index is 11.6. The summed E-state index contributed by atoms with van der Waals surface area (Å²) in [6.45, 7) is 0.0934. The van der Waals surface area contributed by atoms with Crippen LogP contribution in [0.15, 0.2) is 29.1 Å². The lowest BCUT2D eigenvalue weighted by molar-refractivity contribution is -0.120. The van der Waals surface area contributed by atoms with Crippen LogP contribution in [0.1, 0.15) is 0 Å². The molecule has 6 heteroatoms. The van der Waals surface area contributed by atoms with Crippen LogP contribution in [0.3, 0.4) is 0 Å². The molecule has 0 fully saturated rings. The van der Waals surface area contributed by atoms with Crippen molar-refractivity contribution in [2.24, 2.45) is 7.05 Å². The number of imidazole rings is 1. The zero-order valence-corrected chi connectivity index (χ0v) is 12.1. The normalized spacial score (nSPS) is 14.3. The molecule has 5 nitrogen and oxygen atoms in total. The topological polar surface area (TPSA) is 47.4 Å². The number of ether oxygens (including phenoxy) is 1. The van der Waals surface area contributed by atoms with E-state index in [9.17, 15) is 4.79 Å². The first kappa shape index (κ1) is 12.2. The van der Waals surface area contributed by atoms with Gasteiger partial charge in [-0.25, -0.2) is 4.98 Å². The van der Waals surface area contributed by atoms with E-state index >= 15 is 0 Å². The molecule has 0 atom stereocenters. The van der Waals surface area contributed by atoms with Crippen molar-refractivity contribution in [1.82, 2.24) is 9.55 Å². The second kappa shape index (κ2) is 4.38. The Bertz CT molecular complexity index is 666. The fraction of sp³-hybridized carbons (Fsp3) is 0.231. The van der Waals surface area contributed by atoms with Gasteiger partial charge in [-0.05, 0) is 34.1 Å². The third kappa shape index (κ3) is 1.92. The molecule has 1 aromatic heterocycles. The van der Waals surface area contributed by atoms with Crippen LogP contribution in [0.5, 0.6) is 5.75 Å². The van der Waals surface area contributed by atoms with Crippen LogP contribution in [-0.4, -0.2) is 29.1 Å². The summed E-state index contributed by atoms with van der Waals surface area (Å²) in [4.78, 5) is 17.6. The predicted octanol–water partition coefficient (Wildman–Crippen LogP) is 2.20. The van der Waals surface area contributed by atoms with Gasteiger partial charge in [-0.1, -0.05) is 0 Å². The average Bonchev–Trinajstić information content (AvgIpc) is 2.74. The standard InChI is InChI=1S/C13H12BrN3O2/c1-16-7-15-12(13(16)14)8-3-4-10-9(5-8)17(2)11(18)6-19-10/h3-5,7H,6H2,1-2H3. The van der Waals surface area contributed by atoms with Crippen molar-refractivity contribution >= 4 is 27.5 Å². The van der Waals surface area contributed by atoms with Gasteiger partial charge >= 0.3 is 0 Å². The Morgan fingerprint density at radius 3 is 2.84 bits per heavy atom. The molecule has 1 aliphatic heterocycles. The van der Waals surface area contributed by atoms with Crippen LogP contribution in [-0.2, 0) is 11.8 Å². The maximum Gasteiger partial charge on any atom is 0.264 e. The molecular weight excluding hydrogens is 310 g/mol. The molecule has 3 rings (SSSR count). The van der Waals surface area contributed by atoms with E-state index in [0.717, 1.165) is 27.3 Å². The van der Waals surface area contributed by atoms with Gasteiger partial charge in [0.15, 0.2) is 6.61 Å². The number of hydrogen-bond donors (Lipinski definition) is 0. The van der Waals surface area contributed by atoms with Crippen molar-refractivity contribution < 1.29 is 9.53 Å². The number of rotatable bonds is 1. The van der Waals surface area contributed by atoms with Gasteiger partial charge in [-0.2, -0.15) is 0 Å². The molecule has 0 aliphatic carbocycles. The molecule has 0 N–H and O–H groups in total. The minimum absolute atomic E-state index is 0.0512. The highest BCUT2D eigenvalue weighted by molar-refractivity contribution is 9.10. The van der Waals surface area contributed by atoms with E-state index in [-0.39, 0.29) is 12.5 Å². The molecule has 0 radical (unpaired) electrons. The Morgan fingerprint density at radius 1 is 1.37 bits per heavy atom. The lowest BCUT2D eigenvalue weighted by atomic mass is 10.1. The van der Waals surface area contributed by atoms with Crippen molar-refractivity contribution in [1.29, 1.82) is 0 Å². The lowest BCUT2D eigenvalue weighted by Crippen LogP contribution is -2.35. The van der Waals surface area contributed by atoms with Crippen molar-refractivity contribution in [2.45, 2.75) is 0 Å². The quantitative estimate of drug-likeness (QED) is 0.809. The minimum atomic E-state index is -0.0512. The van der Waals surface area contributed by atoms with Gasteiger partial charge in [-0.3, -0.25) is 4.79 Å². The largest absolute Gasteiger partial charge is 0.482 e. The number of hydrogen-bond acceptors (Lipinski definition) is 3. The molecule has 0 saturated carbocycles. The first-order chi connectivity index (χ1) is 9.08. The van der Waals surface area contributed by atoms with Gasteiger partial charge in [0.05, 0.1) is 12.0 Å². The molecule has 0 saturated heterocycles. The maximum absolute atomic E-state index is 11.6. The van der Waals surface area contributed by atoms with E-state index in [1.807, 2.05) is 29.8 Å². The van der Waals surface area contributed by atoms with Crippen molar-refractivity contribution in [3.05, 3.63) is 29.1 Å². The molecule has 0 spiro atoms. The number of aromatic nitrogens is 2.